The molecule has 1 aliphatic heterocycles. The second-order valence-corrected chi connectivity index (χ2v) is 6.55. The number of hydrogen-bond donors (Lipinski definition) is 1. The number of esters is 1. The van der Waals surface area contributed by atoms with Gasteiger partial charge in [0.05, 0.1) is 22.6 Å². The summed E-state index contributed by atoms with van der Waals surface area (Å²) < 4.78 is 10.6. The van der Waals surface area contributed by atoms with Crippen molar-refractivity contribution in [3.63, 3.8) is 0 Å². The van der Waals surface area contributed by atoms with Gasteiger partial charge in [-0.25, -0.2) is 4.79 Å². The number of amides is 2. The van der Waals surface area contributed by atoms with Gasteiger partial charge in [0.2, 0.25) is 0 Å². The van der Waals surface area contributed by atoms with Crippen molar-refractivity contribution in [1.82, 2.24) is 5.32 Å². The van der Waals surface area contributed by atoms with Crippen LogP contribution in [-0.4, -0.2) is 24.2 Å². The van der Waals surface area contributed by atoms with E-state index in [2.05, 4.69) is 5.32 Å². The van der Waals surface area contributed by atoms with E-state index in [1.807, 2.05) is 0 Å². The third-order valence-corrected chi connectivity index (χ3v) is 4.56. The third kappa shape index (κ3) is 3.89. The van der Waals surface area contributed by atoms with Gasteiger partial charge >= 0.3 is 5.97 Å². The molecule has 0 radical (unpaired) electrons. The maximum Gasteiger partial charge on any atom is 0.345 e. The summed E-state index contributed by atoms with van der Waals surface area (Å²) in [4.78, 5) is 35.5. The number of thioether (sulfide) groups is 1. The lowest BCUT2D eigenvalue weighted by Gasteiger charge is -2.11. The van der Waals surface area contributed by atoms with Gasteiger partial charge in [-0.1, -0.05) is 29.8 Å². The molecule has 2 amide bonds. The van der Waals surface area contributed by atoms with E-state index in [-0.39, 0.29) is 21.2 Å². The SMILES string of the molecule is COc1ccc(/C=C2\SC(=O)NC2=O)cc1OC(=O)c1ccccc1Cl. The van der Waals surface area contributed by atoms with E-state index >= 15 is 0 Å². The van der Waals surface area contributed by atoms with Gasteiger partial charge in [-0.15, -0.1) is 0 Å². The van der Waals surface area contributed by atoms with Crippen molar-refractivity contribution in [3.8, 4) is 11.5 Å². The lowest BCUT2D eigenvalue weighted by Crippen LogP contribution is -2.17. The molecule has 132 valence electrons. The first-order valence-electron chi connectivity index (χ1n) is 7.37. The van der Waals surface area contributed by atoms with E-state index < -0.39 is 17.1 Å². The molecule has 0 saturated carbocycles. The van der Waals surface area contributed by atoms with E-state index in [0.717, 1.165) is 11.8 Å². The number of methoxy groups -OCH3 is 1. The number of halogens is 1. The molecule has 0 atom stereocenters. The number of rotatable bonds is 4. The Hall–Kier alpha value is -2.77. The smallest absolute Gasteiger partial charge is 0.345 e. The van der Waals surface area contributed by atoms with Gasteiger partial charge in [-0.05, 0) is 47.7 Å². The van der Waals surface area contributed by atoms with Crippen molar-refractivity contribution < 1.29 is 23.9 Å². The van der Waals surface area contributed by atoms with Crippen molar-refractivity contribution in [2.75, 3.05) is 7.11 Å². The number of benzene rings is 2. The molecule has 6 nitrogen and oxygen atoms in total. The molecule has 0 bridgehead atoms. The first-order valence-corrected chi connectivity index (χ1v) is 8.57. The molecule has 2 aromatic rings. The Balaban J connectivity index is 1.90. The lowest BCUT2D eigenvalue weighted by molar-refractivity contribution is -0.115. The molecule has 0 spiro atoms. The number of ether oxygens (including phenoxy) is 2. The molecule has 1 N–H and O–H groups in total. The molecule has 26 heavy (non-hydrogen) atoms. The predicted molar refractivity (Wildman–Crippen MR) is 98.5 cm³/mol. The van der Waals surface area contributed by atoms with Crippen LogP contribution >= 0.6 is 23.4 Å². The Morgan fingerprint density at radius 2 is 1.92 bits per heavy atom. The average Bonchev–Trinajstić information content (AvgIpc) is 2.92. The molecule has 1 fully saturated rings. The zero-order valence-electron chi connectivity index (χ0n) is 13.4. The van der Waals surface area contributed by atoms with Gasteiger partial charge in [0, 0.05) is 0 Å². The van der Waals surface area contributed by atoms with Gasteiger partial charge in [-0.3, -0.25) is 14.9 Å². The molecule has 0 unspecified atom stereocenters. The van der Waals surface area contributed by atoms with Crippen LogP contribution in [0, 0.1) is 0 Å². The van der Waals surface area contributed by atoms with Crippen LogP contribution in [0.4, 0.5) is 4.79 Å². The van der Waals surface area contributed by atoms with Crippen molar-refractivity contribution in [2.45, 2.75) is 0 Å². The van der Waals surface area contributed by atoms with Gasteiger partial charge in [0.15, 0.2) is 11.5 Å². The largest absolute Gasteiger partial charge is 0.493 e. The Labute approximate surface area is 158 Å². The summed E-state index contributed by atoms with van der Waals surface area (Å²) in [7, 11) is 1.44. The van der Waals surface area contributed by atoms with Crippen LogP contribution in [0.3, 0.4) is 0 Å². The molecule has 1 aliphatic rings. The summed E-state index contributed by atoms with van der Waals surface area (Å²) in [6.07, 6.45) is 1.52. The standard InChI is InChI=1S/C18H12ClNO5S/c1-24-13-7-6-10(9-15-16(21)20-18(23)26-15)8-14(13)25-17(22)11-4-2-3-5-12(11)19/h2-9H,1H3,(H,20,21,23)/b15-9-. The minimum absolute atomic E-state index is 0.168. The van der Waals surface area contributed by atoms with E-state index in [1.165, 1.54) is 19.3 Å². The lowest BCUT2D eigenvalue weighted by atomic mass is 10.1. The zero-order chi connectivity index (χ0) is 18.7. The molecular weight excluding hydrogens is 378 g/mol. The second-order valence-electron chi connectivity index (χ2n) is 5.13. The van der Waals surface area contributed by atoms with Crippen LogP contribution in [0.1, 0.15) is 15.9 Å². The number of nitrogens with one attached hydrogen (secondary N) is 1. The molecule has 2 aromatic carbocycles. The van der Waals surface area contributed by atoms with Crippen molar-refractivity contribution in [3.05, 3.63) is 63.5 Å². The molecule has 1 heterocycles. The maximum atomic E-state index is 12.4. The number of imide groups is 1. The Bertz CT molecular complexity index is 941. The molecular formula is C18H12ClNO5S. The quantitative estimate of drug-likeness (QED) is 0.485. The van der Waals surface area contributed by atoms with Crippen LogP contribution in [0.2, 0.25) is 5.02 Å². The zero-order valence-corrected chi connectivity index (χ0v) is 15.0. The van der Waals surface area contributed by atoms with Crippen LogP contribution < -0.4 is 14.8 Å². The highest BCUT2D eigenvalue weighted by atomic mass is 35.5. The average molecular weight is 390 g/mol. The van der Waals surface area contributed by atoms with Crippen LogP contribution in [0.15, 0.2) is 47.4 Å². The summed E-state index contributed by atoms with van der Waals surface area (Å²) in [6.45, 7) is 0. The van der Waals surface area contributed by atoms with E-state index in [4.69, 9.17) is 21.1 Å². The van der Waals surface area contributed by atoms with Crippen LogP contribution in [0.5, 0.6) is 11.5 Å². The fourth-order valence-electron chi connectivity index (χ4n) is 2.22. The van der Waals surface area contributed by atoms with E-state index in [0.29, 0.717) is 11.3 Å². The highest BCUT2D eigenvalue weighted by Gasteiger charge is 2.25. The molecule has 8 heteroatoms. The van der Waals surface area contributed by atoms with Crippen molar-refractivity contribution >= 4 is 46.6 Å². The topological polar surface area (TPSA) is 81.7 Å². The van der Waals surface area contributed by atoms with Crippen LogP contribution in [-0.2, 0) is 4.79 Å². The van der Waals surface area contributed by atoms with E-state index in [1.54, 1.807) is 36.4 Å². The minimum Gasteiger partial charge on any atom is -0.493 e. The Kier molecular flexibility index (Phi) is 5.29. The predicted octanol–water partition coefficient (Wildman–Crippen LogP) is 3.89. The number of hydrogen-bond acceptors (Lipinski definition) is 6. The molecule has 3 rings (SSSR count). The first kappa shape index (κ1) is 18.0. The highest BCUT2D eigenvalue weighted by molar-refractivity contribution is 8.18. The summed E-state index contributed by atoms with van der Waals surface area (Å²) in [5.41, 5.74) is 0.788. The highest BCUT2D eigenvalue weighted by Crippen LogP contribution is 2.32. The summed E-state index contributed by atoms with van der Waals surface area (Å²) in [6, 6.07) is 11.3. The fraction of sp³-hybridized carbons (Fsp3) is 0.0556. The summed E-state index contributed by atoms with van der Waals surface area (Å²) in [5, 5.41) is 2.02. The Morgan fingerprint density at radius 3 is 2.58 bits per heavy atom. The van der Waals surface area contributed by atoms with E-state index in [9.17, 15) is 14.4 Å². The summed E-state index contributed by atoms with van der Waals surface area (Å²) in [5.74, 6) is -0.596. The number of carbonyl (C=O) groups is 3. The van der Waals surface area contributed by atoms with Gasteiger partial charge in [-0.2, -0.15) is 0 Å². The van der Waals surface area contributed by atoms with Gasteiger partial charge in [0.25, 0.3) is 11.1 Å². The second kappa shape index (κ2) is 7.63. The molecule has 0 aromatic heterocycles. The van der Waals surface area contributed by atoms with Crippen molar-refractivity contribution in [1.29, 1.82) is 0 Å². The van der Waals surface area contributed by atoms with Gasteiger partial charge < -0.3 is 9.47 Å². The summed E-state index contributed by atoms with van der Waals surface area (Å²) >= 11 is 6.81. The molecule has 1 saturated heterocycles. The van der Waals surface area contributed by atoms with Crippen LogP contribution in [0.25, 0.3) is 6.08 Å². The monoisotopic (exact) mass is 389 g/mol. The minimum atomic E-state index is -0.637. The number of carbonyl (C=O) groups excluding carboxylic acids is 3. The normalized spacial score (nSPS) is 15.1. The maximum absolute atomic E-state index is 12.4. The van der Waals surface area contributed by atoms with Crippen molar-refractivity contribution in [2.24, 2.45) is 0 Å². The molecule has 0 aliphatic carbocycles. The third-order valence-electron chi connectivity index (χ3n) is 3.42. The Morgan fingerprint density at radius 1 is 1.15 bits per heavy atom. The fourth-order valence-corrected chi connectivity index (χ4v) is 3.11. The van der Waals surface area contributed by atoms with Gasteiger partial charge in [0.1, 0.15) is 0 Å². The first-order chi connectivity index (χ1) is 12.5.